The van der Waals surface area contributed by atoms with Crippen molar-refractivity contribution in [1.29, 1.82) is 0 Å². The monoisotopic (exact) mass is 233 g/mol. The number of nitrogens with one attached hydrogen (secondary N) is 1. The molecule has 0 aromatic heterocycles. The number of carbonyl (C=O) groups is 1. The Bertz CT molecular complexity index is 403. The van der Waals surface area contributed by atoms with Gasteiger partial charge in [0.2, 0.25) is 0 Å². The van der Waals surface area contributed by atoms with Gasteiger partial charge in [-0.15, -0.1) is 0 Å². The van der Waals surface area contributed by atoms with Crippen LogP contribution < -0.4 is 5.32 Å². The average molecular weight is 233 g/mol. The summed E-state index contributed by atoms with van der Waals surface area (Å²) in [5.74, 6) is -0.161. The van der Waals surface area contributed by atoms with E-state index in [1.165, 1.54) is 5.56 Å². The number of hydrogen-bond acceptors (Lipinski definition) is 3. The standard InChI is InChI=1S/C14H19NO2/c1-3-10(2)17-14(16)13-12-7-5-4-6-11(12)8-9-15-13/h4-7,10,13,15H,3,8-9H2,1-2H3. The molecular formula is C14H19NO2. The van der Waals surface area contributed by atoms with E-state index in [2.05, 4.69) is 11.4 Å². The number of rotatable bonds is 3. The van der Waals surface area contributed by atoms with Gasteiger partial charge in [0.15, 0.2) is 0 Å². The maximum Gasteiger partial charge on any atom is 0.328 e. The lowest BCUT2D eigenvalue weighted by Crippen LogP contribution is -2.37. The topological polar surface area (TPSA) is 38.3 Å². The maximum atomic E-state index is 12.0. The Morgan fingerprint density at radius 3 is 3.06 bits per heavy atom. The van der Waals surface area contributed by atoms with Crippen molar-refractivity contribution < 1.29 is 9.53 Å². The second-order valence-corrected chi connectivity index (χ2v) is 4.49. The first-order chi connectivity index (χ1) is 8.22. The number of esters is 1. The molecule has 0 aliphatic carbocycles. The van der Waals surface area contributed by atoms with Crippen LogP contribution in [0, 0.1) is 0 Å². The molecular weight excluding hydrogens is 214 g/mol. The van der Waals surface area contributed by atoms with E-state index in [1.807, 2.05) is 32.0 Å². The van der Waals surface area contributed by atoms with E-state index in [9.17, 15) is 4.79 Å². The van der Waals surface area contributed by atoms with Gasteiger partial charge >= 0.3 is 5.97 Å². The zero-order valence-corrected chi connectivity index (χ0v) is 10.4. The molecule has 2 rings (SSSR count). The van der Waals surface area contributed by atoms with Crippen molar-refractivity contribution in [2.75, 3.05) is 6.54 Å². The smallest absolute Gasteiger partial charge is 0.328 e. The first-order valence-corrected chi connectivity index (χ1v) is 6.24. The van der Waals surface area contributed by atoms with Gasteiger partial charge in [0.05, 0.1) is 6.10 Å². The lowest BCUT2D eigenvalue weighted by atomic mass is 9.94. The predicted octanol–water partition coefficient (Wildman–Crippen LogP) is 2.22. The lowest BCUT2D eigenvalue weighted by molar-refractivity contribution is -0.151. The Morgan fingerprint density at radius 2 is 2.29 bits per heavy atom. The van der Waals surface area contributed by atoms with E-state index >= 15 is 0 Å². The first-order valence-electron chi connectivity index (χ1n) is 6.24. The van der Waals surface area contributed by atoms with Gasteiger partial charge < -0.3 is 10.1 Å². The second kappa shape index (κ2) is 5.32. The first kappa shape index (κ1) is 12.1. The fourth-order valence-corrected chi connectivity index (χ4v) is 2.06. The average Bonchev–Trinajstić information content (AvgIpc) is 2.37. The molecule has 3 nitrogen and oxygen atoms in total. The van der Waals surface area contributed by atoms with E-state index in [-0.39, 0.29) is 18.1 Å². The zero-order valence-electron chi connectivity index (χ0n) is 10.4. The minimum Gasteiger partial charge on any atom is -0.461 e. The molecule has 1 aliphatic heterocycles. The Kier molecular flexibility index (Phi) is 3.79. The minimum absolute atomic E-state index is 0.0154. The molecule has 17 heavy (non-hydrogen) atoms. The van der Waals surface area contributed by atoms with Crippen molar-refractivity contribution in [2.45, 2.75) is 38.8 Å². The quantitative estimate of drug-likeness (QED) is 0.813. The molecule has 1 N–H and O–H groups in total. The molecule has 0 saturated carbocycles. The number of benzene rings is 1. The predicted molar refractivity (Wildman–Crippen MR) is 66.7 cm³/mol. The maximum absolute atomic E-state index is 12.0. The van der Waals surface area contributed by atoms with E-state index in [0.29, 0.717) is 0 Å². The summed E-state index contributed by atoms with van der Waals surface area (Å²) in [6.45, 7) is 4.77. The molecule has 2 unspecified atom stereocenters. The Morgan fingerprint density at radius 1 is 1.53 bits per heavy atom. The van der Waals surface area contributed by atoms with Gasteiger partial charge in [-0.2, -0.15) is 0 Å². The molecule has 1 aromatic carbocycles. The van der Waals surface area contributed by atoms with E-state index in [4.69, 9.17) is 4.74 Å². The number of fused-ring (bicyclic) bond motifs is 1. The SMILES string of the molecule is CCC(C)OC(=O)C1NCCc2ccccc21. The third-order valence-corrected chi connectivity index (χ3v) is 3.24. The fraction of sp³-hybridized carbons (Fsp3) is 0.500. The highest BCUT2D eigenvalue weighted by Gasteiger charge is 2.27. The second-order valence-electron chi connectivity index (χ2n) is 4.49. The summed E-state index contributed by atoms with van der Waals surface area (Å²) in [4.78, 5) is 12.0. The van der Waals surface area contributed by atoms with Gasteiger partial charge in [0, 0.05) is 6.54 Å². The summed E-state index contributed by atoms with van der Waals surface area (Å²) in [6, 6.07) is 7.77. The summed E-state index contributed by atoms with van der Waals surface area (Å²) in [7, 11) is 0. The molecule has 0 saturated heterocycles. The minimum atomic E-state index is -0.297. The lowest BCUT2D eigenvalue weighted by Gasteiger charge is -2.26. The highest BCUT2D eigenvalue weighted by Crippen LogP contribution is 2.24. The van der Waals surface area contributed by atoms with E-state index < -0.39 is 0 Å². The Hall–Kier alpha value is -1.35. The Labute approximate surface area is 102 Å². The summed E-state index contributed by atoms with van der Waals surface area (Å²) in [5, 5.41) is 3.23. The molecule has 3 heteroatoms. The van der Waals surface area contributed by atoms with Crippen LogP contribution in [0.5, 0.6) is 0 Å². The van der Waals surface area contributed by atoms with Crippen LogP contribution in [0.15, 0.2) is 24.3 Å². The molecule has 1 aliphatic rings. The molecule has 0 fully saturated rings. The van der Waals surface area contributed by atoms with Crippen LogP contribution in [-0.4, -0.2) is 18.6 Å². The van der Waals surface area contributed by atoms with Crippen LogP contribution in [-0.2, 0) is 16.0 Å². The van der Waals surface area contributed by atoms with Crippen molar-refractivity contribution >= 4 is 5.97 Å². The fourth-order valence-electron chi connectivity index (χ4n) is 2.06. The third-order valence-electron chi connectivity index (χ3n) is 3.24. The number of carbonyl (C=O) groups excluding carboxylic acids is 1. The van der Waals surface area contributed by atoms with Crippen LogP contribution >= 0.6 is 0 Å². The van der Waals surface area contributed by atoms with Gasteiger partial charge in [0.25, 0.3) is 0 Å². The van der Waals surface area contributed by atoms with Crippen LogP contribution in [0.1, 0.15) is 37.4 Å². The number of ether oxygens (including phenoxy) is 1. The Balaban J connectivity index is 2.15. The summed E-state index contributed by atoms with van der Waals surface area (Å²) in [6.07, 6.45) is 1.81. The molecule has 0 amide bonds. The van der Waals surface area contributed by atoms with Crippen LogP contribution in [0.3, 0.4) is 0 Å². The third kappa shape index (κ3) is 2.67. The van der Waals surface area contributed by atoms with E-state index in [0.717, 1.165) is 24.9 Å². The molecule has 2 atom stereocenters. The molecule has 0 radical (unpaired) electrons. The van der Waals surface area contributed by atoms with Crippen molar-refractivity contribution in [2.24, 2.45) is 0 Å². The molecule has 0 spiro atoms. The number of hydrogen-bond donors (Lipinski definition) is 1. The van der Waals surface area contributed by atoms with Gasteiger partial charge in [-0.3, -0.25) is 0 Å². The summed E-state index contributed by atoms with van der Waals surface area (Å²) < 4.78 is 5.39. The zero-order chi connectivity index (χ0) is 12.3. The van der Waals surface area contributed by atoms with Crippen molar-refractivity contribution in [3.8, 4) is 0 Å². The normalized spacial score (nSPS) is 20.5. The summed E-state index contributed by atoms with van der Waals surface area (Å²) >= 11 is 0. The highest BCUT2D eigenvalue weighted by molar-refractivity contribution is 5.78. The van der Waals surface area contributed by atoms with Gasteiger partial charge in [-0.25, -0.2) is 4.79 Å². The molecule has 1 heterocycles. The van der Waals surface area contributed by atoms with Crippen LogP contribution in [0.2, 0.25) is 0 Å². The van der Waals surface area contributed by atoms with Crippen molar-refractivity contribution in [3.05, 3.63) is 35.4 Å². The highest BCUT2D eigenvalue weighted by atomic mass is 16.5. The molecule has 92 valence electrons. The molecule has 0 bridgehead atoms. The largest absolute Gasteiger partial charge is 0.461 e. The van der Waals surface area contributed by atoms with Crippen LogP contribution in [0.4, 0.5) is 0 Å². The van der Waals surface area contributed by atoms with E-state index in [1.54, 1.807) is 0 Å². The van der Waals surface area contributed by atoms with Crippen LogP contribution in [0.25, 0.3) is 0 Å². The van der Waals surface area contributed by atoms with Gasteiger partial charge in [-0.05, 0) is 30.9 Å². The summed E-state index contributed by atoms with van der Waals surface area (Å²) in [5.41, 5.74) is 2.31. The van der Waals surface area contributed by atoms with Gasteiger partial charge in [-0.1, -0.05) is 31.2 Å². The van der Waals surface area contributed by atoms with Gasteiger partial charge in [0.1, 0.15) is 6.04 Å². The van der Waals surface area contributed by atoms with Crippen molar-refractivity contribution in [1.82, 2.24) is 5.32 Å². The van der Waals surface area contributed by atoms with Crippen molar-refractivity contribution in [3.63, 3.8) is 0 Å². The molecule has 1 aromatic rings.